The fourth-order valence-corrected chi connectivity index (χ4v) is 2.98. The molecule has 2 aromatic rings. The molecule has 6 heteroatoms. The lowest BCUT2D eigenvalue weighted by Gasteiger charge is -2.23. The number of hydrogen-bond acceptors (Lipinski definition) is 3. The van der Waals surface area contributed by atoms with Crippen LogP contribution in [0, 0.1) is 0 Å². The highest BCUT2D eigenvalue weighted by molar-refractivity contribution is 6.31. The Labute approximate surface area is 160 Å². The Balaban J connectivity index is 2.13. The molecule has 0 unspecified atom stereocenters. The molecule has 2 aromatic carbocycles. The van der Waals surface area contributed by atoms with Crippen LogP contribution < -0.4 is 19.9 Å². The van der Waals surface area contributed by atoms with Gasteiger partial charge in [0.2, 0.25) is 0 Å². The largest absolute Gasteiger partial charge is 0.496 e. The molecule has 0 radical (unpaired) electrons. The van der Waals surface area contributed by atoms with Crippen LogP contribution in [-0.2, 0) is 0 Å². The summed E-state index contributed by atoms with van der Waals surface area (Å²) >= 11 is 6.02. The number of ether oxygens (including phenoxy) is 1. The molecule has 0 saturated carbocycles. The van der Waals surface area contributed by atoms with Gasteiger partial charge in [-0.05, 0) is 30.3 Å². The third kappa shape index (κ3) is 4.90. The van der Waals surface area contributed by atoms with Crippen molar-refractivity contribution in [3.8, 4) is 5.75 Å². The van der Waals surface area contributed by atoms with Gasteiger partial charge in [-0.25, -0.2) is 0 Å². The van der Waals surface area contributed by atoms with E-state index in [2.05, 4.69) is 48.6 Å². The van der Waals surface area contributed by atoms with Crippen LogP contribution in [0.3, 0.4) is 0 Å². The minimum absolute atomic E-state index is 0.139. The number of likely N-dealkylation sites (N-methyl/N-ethyl adjacent to an activating group) is 1. The van der Waals surface area contributed by atoms with Crippen LogP contribution in [0.4, 0.5) is 5.69 Å². The summed E-state index contributed by atoms with van der Waals surface area (Å²) in [5.74, 6) is 0.316. The first kappa shape index (κ1) is 20.1. The topological polar surface area (TPSA) is 46.0 Å². The van der Waals surface area contributed by atoms with Gasteiger partial charge in [0.15, 0.2) is 0 Å². The molecule has 140 valence electrons. The number of nitrogens with zero attached hydrogens (tertiary/aromatic N) is 1. The second-order valence-corrected chi connectivity index (χ2v) is 7.11. The van der Waals surface area contributed by atoms with Crippen molar-refractivity contribution in [2.75, 3.05) is 46.7 Å². The van der Waals surface area contributed by atoms with E-state index in [0.29, 0.717) is 22.9 Å². The molecule has 5 nitrogen and oxygen atoms in total. The summed E-state index contributed by atoms with van der Waals surface area (Å²) in [7, 11) is 9.73. The molecule has 26 heavy (non-hydrogen) atoms. The lowest BCUT2D eigenvalue weighted by atomic mass is 10.0. The maximum Gasteiger partial charge on any atom is 0.255 e. The predicted octanol–water partition coefficient (Wildman–Crippen LogP) is 2.03. The minimum Gasteiger partial charge on any atom is -0.496 e. The summed E-state index contributed by atoms with van der Waals surface area (Å²) in [6.07, 6.45) is 0. The molecule has 0 saturated heterocycles. The Kier molecular flexibility index (Phi) is 6.89. The van der Waals surface area contributed by atoms with Gasteiger partial charge in [0, 0.05) is 30.4 Å². The first-order valence-electron chi connectivity index (χ1n) is 8.52. The number of nitrogens with one attached hydrogen (secondary N) is 2. The van der Waals surface area contributed by atoms with Crippen molar-refractivity contribution in [1.29, 1.82) is 0 Å². The van der Waals surface area contributed by atoms with Gasteiger partial charge in [-0.2, -0.15) is 0 Å². The van der Waals surface area contributed by atoms with Gasteiger partial charge >= 0.3 is 0 Å². The number of carbonyl (C=O) groups is 1. The predicted molar refractivity (Wildman–Crippen MR) is 107 cm³/mol. The average Bonchev–Trinajstić information content (AvgIpc) is 2.61. The highest BCUT2D eigenvalue weighted by atomic mass is 35.5. The highest BCUT2D eigenvalue weighted by Gasteiger charge is 2.20. The Bertz CT molecular complexity index is 745. The number of anilines is 1. The van der Waals surface area contributed by atoms with Crippen LogP contribution in [0.1, 0.15) is 22.0 Å². The van der Waals surface area contributed by atoms with E-state index in [0.717, 1.165) is 5.69 Å². The summed E-state index contributed by atoms with van der Waals surface area (Å²) in [5, 5.41) is 3.51. The van der Waals surface area contributed by atoms with Crippen molar-refractivity contribution in [1.82, 2.24) is 5.32 Å². The zero-order valence-electron chi connectivity index (χ0n) is 16.0. The Hall–Kier alpha value is -2.24. The normalized spacial score (nSPS) is 12.0. The van der Waals surface area contributed by atoms with Crippen molar-refractivity contribution in [2.24, 2.45) is 0 Å². The number of benzene rings is 2. The summed E-state index contributed by atoms with van der Waals surface area (Å²) in [6.45, 7) is 0.512. The lowest BCUT2D eigenvalue weighted by Crippen LogP contribution is -3.07. The van der Waals surface area contributed by atoms with E-state index in [4.69, 9.17) is 16.3 Å². The average molecular weight is 377 g/mol. The van der Waals surface area contributed by atoms with Gasteiger partial charge in [-0.1, -0.05) is 23.7 Å². The standard InChI is InChI=1S/C20H26ClN3O2/c1-23(2)16-9-6-14(7-10-16)18(24(3)4)13-22-20(25)17-12-15(21)8-11-19(17)26-5/h6-12,18H,13H2,1-5H3,(H,22,25)/p+1/t18-/m1/s1. The molecule has 2 N–H and O–H groups in total. The van der Waals surface area contributed by atoms with Crippen LogP contribution in [-0.4, -0.2) is 47.8 Å². The maximum absolute atomic E-state index is 12.6. The third-order valence-electron chi connectivity index (χ3n) is 4.38. The third-order valence-corrected chi connectivity index (χ3v) is 4.62. The molecule has 2 rings (SSSR count). The Morgan fingerprint density at radius 2 is 1.85 bits per heavy atom. The van der Waals surface area contributed by atoms with Gasteiger partial charge in [-0.15, -0.1) is 0 Å². The van der Waals surface area contributed by atoms with Crippen molar-refractivity contribution in [3.05, 3.63) is 58.6 Å². The Morgan fingerprint density at radius 1 is 1.19 bits per heavy atom. The van der Waals surface area contributed by atoms with Crippen LogP contribution in [0.25, 0.3) is 0 Å². The minimum atomic E-state index is -0.194. The molecule has 1 amide bonds. The zero-order valence-corrected chi connectivity index (χ0v) is 16.7. The monoisotopic (exact) mass is 376 g/mol. The van der Waals surface area contributed by atoms with Crippen molar-refractivity contribution >= 4 is 23.2 Å². The zero-order chi connectivity index (χ0) is 19.3. The van der Waals surface area contributed by atoms with E-state index in [-0.39, 0.29) is 11.9 Å². The molecular weight excluding hydrogens is 350 g/mol. The van der Waals surface area contributed by atoms with Crippen LogP contribution in [0.2, 0.25) is 5.02 Å². The van der Waals surface area contributed by atoms with Crippen molar-refractivity contribution in [2.45, 2.75) is 6.04 Å². The van der Waals surface area contributed by atoms with E-state index in [9.17, 15) is 4.79 Å². The summed E-state index contributed by atoms with van der Waals surface area (Å²) in [5.41, 5.74) is 2.76. The number of methoxy groups -OCH3 is 1. The van der Waals surface area contributed by atoms with Gasteiger partial charge in [0.05, 0.1) is 33.3 Å². The molecule has 0 aliphatic carbocycles. The van der Waals surface area contributed by atoms with Gasteiger partial charge in [0.1, 0.15) is 11.8 Å². The van der Waals surface area contributed by atoms with Crippen LogP contribution in [0.15, 0.2) is 42.5 Å². The van der Waals surface area contributed by atoms with E-state index in [1.165, 1.54) is 10.5 Å². The maximum atomic E-state index is 12.6. The summed E-state index contributed by atoms with van der Waals surface area (Å²) in [4.78, 5) is 15.9. The fourth-order valence-electron chi connectivity index (χ4n) is 2.81. The molecule has 0 aromatic heterocycles. The van der Waals surface area contributed by atoms with E-state index in [1.807, 2.05) is 14.1 Å². The molecule has 0 bridgehead atoms. The number of carbonyl (C=O) groups excluding carboxylic acids is 1. The number of halogens is 1. The highest BCUT2D eigenvalue weighted by Crippen LogP contribution is 2.22. The quantitative estimate of drug-likeness (QED) is 0.777. The number of amides is 1. The van der Waals surface area contributed by atoms with E-state index < -0.39 is 0 Å². The molecule has 0 spiro atoms. The molecule has 0 heterocycles. The van der Waals surface area contributed by atoms with Gasteiger partial charge in [0.25, 0.3) is 5.91 Å². The van der Waals surface area contributed by atoms with Crippen LogP contribution in [0.5, 0.6) is 5.75 Å². The molecule has 0 aliphatic heterocycles. The lowest BCUT2D eigenvalue weighted by molar-refractivity contribution is -0.890. The van der Waals surface area contributed by atoms with Gasteiger partial charge in [-0.3, -0.25) is 4.79 Å². The fraction of sp³-hybridized carbons (Fsp3) is 0.350. The van der Waals surface area contributed by atoms with Crippen molar-refractivity contribution in [3.63, 3.8) is 0 Å². The van der Waals surface area contributed by atoms with Crippen LogP contribution >= 0.6 is 11.6 Å². The number of rotatable bonds is 7. The molecule has 0 aliphatic rings. The molecule has 0 fully saturated rings. The Morgan fingerprint density at radius 3 is 2.38 bits per heavy atom. The van der Waals surface area contributed by atoms with E-state index >= 15 is 0 Å². The number of hydrogen-bond donors (Lipinski definition) is 2. The number of quaternary nitrogens is 1. The first-order valence-corrected chi connectivity index (χ1v) is 8.90. The molecule has 1 atom stereocenters. The molecular formula is C20H27ClN3O2+. The van der Waals surface area contributed by atoms with E-state index in [1.54, 1.807) is 25.3 Å². The smallest absolute Gasteiger partial charge is 0.255 e. The second-order valence-electron chi connectivity index (χ2n) is 6.67. The summed E-state index contributed by atoms with van der Waals surface area (Å²) < 4.78 is 5.27. The van der Waals surface area contributed by atoms with Gasteiger partial charge < -0.3 is 19.9 Å². The van der Waals surface area contributed by atoms with Crippen molar-refractivity contribution < 1.29 is 14.4 Å². The SMILES string of the molecule is COc1ccc(Cl)cc1C(=O)NC[C@H](c1ccc(N(C)C)cc1)[NH+](C)C. The first-order chi connectivity index (χ1) is 12.3. The second kappa shape index (κ2) is 8.92. The summed E-state index contributed by atoms with van der Waals surface area (Å²) in [6, 6.07) is 13.6.